The van der Waals surface area contributed by atoms with Crippen molar-refractivity contribution in [2.45, 2.75) is 13.8 Å². The van der Waals surface area contributed by atoms with Crippen molar-refractivity contribution in [2.24, 2.45) is 0 Å². The number of pyridine rings is 2. The number of nitrogens with zero attached hydrogens (tertiary/aromatic N) is 4. The molecule has 0 amide bonds. The second-order valence-electron chi connectivity index (χ2n) is 5.08. The summed E-state index contributed by atoms with van der Waals surface area (Å²) in [7, 11) is 0. The molecule has 0 aliphatic rings. The van der Waals surface area contributed by atoms with Gasteiger partial charge in [-0.3, -0.25) is 10.1 Å². The molecule has 108 valence electrons. The van der Waals surface area contributed by atoms with Gasteiger partial charge in [0.25, 0.3) is 0 Å². The van der Waals surface area contributed by atoms with Gasteiger partial charge in [-0.1, -0.05) is 6.07 Å². The number of hydrogen-bond donors (Lipinski definition) is 2. The molecule has 22 heavy (non-hydrogen) atoms. The number of aryl methyl sites for hydroxylation is 2. The van der Waals surface area contributed by atoms with Gasteiger partial charge in [-0.05, 0) is 37.6 Å². The summed E-state index contributed by atoms with van der Waals surface area (Å²) in [5, 5.41) is 16.4. The molecule has 6 nitrogen and oxygen atoms in total. The molecule has 3 heterocycles. The first-order valence-electron chi connectivity index (χ1n) is 6.74. The highest BCUT2D eigenvalue weighted by Crippen LogP contribution is 2.29. The van der Waals surface area contributed by atoms with Crippen LogP contribution in [0.1, 0.15) is 16.8 Å². The molecule has 0 spiro atoms. The fourth-order valence-electron chi connectivity index (χ4n) is 2.19. The van der Waals surface area contributed by atoms with Crippen LogP contribution in [0.4, 0.5) is 5.82 Å². The van der Waals surface area contributed by atoms with E-state index in [1.165, 1.54) is 0 Å². The second kappa shape index (κ2) is 5.30. The lowest BCUT2D eigenvalue weighted by atomic mass is 10.0. The Balaban J connectivity index is 2.20. The van der Waals surface area contributed by atoms with Crippen molar-refractivity contribution >= 4 is 5.82 Å². The Morgan fingerprint density at radius 1 is 1.14 bits per heavy atom. The van der Waals surface area contributed by atoms with E-state index in [0.29, 0.717) is 28.2 Å². The minimum Gasteiger partial charge on any atom is -0.383 e. The Hall–Kier alpha value is -3.20. The first-order chi connectivity index (χ1) is 10.6. The van der Waals surface area contributed by atoms with Crippen LogP contribution in [0.25, 0.3) is 22.6 Å². The number of nitriles is 1. The minimum absolute atomic E-state index is 0.179. The highest BCUT2D eigenvalue weighted by Gasteiger charge is 2.15. The lowest BCUT2D eigenvalue weighted by Crippen LogP contribution is -2.00. The molecule has 0 atom stereocenters. The monoisotopic (exact) mass is 290 g/mol. The zero-order valence-electron chi connectivity index (χ0n) is 12.3. The van der Waals surface area contributed by atoms with Crippen molar-refractivity contribution in [3.63, 3.8) is 0 Å². The van der Waals surface area contributed by atoms with Crippen molar-refractivity contribution in [3.05, 3.63) is 47.3 Å². The SMILES string of the molecule is Cc1ccc(-c2cc(-c3cc(C)[nH]n3)c(C#N)c(N)n2)nc1. The molecule has 0 radical (unpaired) electrons. The molecule has 0 aromatic carbocycles. The van der Waals surface area contributed by atoms with E-state index in [2.05, 4.69) is 26.2 Å². The van der Waals surface area contributed by atoms with Crippen LogP contribution >= 0.6 is 0 Å². The van der Waals surface area contributed by atoms with E-state index in [-0.39, 0.29) is 5.82 Å². The van der Waals surface area contributed by atoms with E-state index in [9.17, 15) is 5.26 Å². The molecule has 0 aliphatic carbocycles. The molecule has 0 fully saturated rings. The van der Waals surface area contributed by atoms with Gasteiger partial charge in [0.15, 0.2) is 0 Å². The highest BCUT2D eigenvalue weighted by molar-refractivity contribution is 5.77. The van der Waals surface area contributed by atoms with Gasteiger partial charge in [0.05, 0.1) is 17.1 Å². The van der Waals surface area contributed by atoms with Gasteiger partial charge >= 0.3 is 0 Å². The quantitative estimate of drug-likeness (QED) is 0.754. The van der Waals surface area contributed by atoms with Gasteiger partial charge < -0.3 is 5.73 Å². The minimum atomic E-state index is 0.179. The van der Waals surface area contributed by atoms with E-state index in [1.807, 2.05) is 32.0 Å². The number of rotatable bonds is 2. The van der Waals surface area contributed by atoms with Crippen LogP contribution in [-0.2, 0) is 0 Å². The molecule has 3 aromatic rings. The molecule has 0 bridgehead atoms. The Morgan fingerprint density at radius 2 is 1.95 bits per heavy atom. The first kappa shape index (κ1) is 13.8. The summed E-state index contributed by atoms with van der Waals surface area (Å²) in [4.78, 5) is 8.65. The average molecular weight is 290 g/mol. The number of aromatic amines is 1. The molecule has 0 saturated carbocycles. The number of nitrogens with one attached hydrogen (secondary N) is 1. The van der Waals surface area contributed by atoms with Gasteiger partial charge in [-0.2, -0.15) is 10.4 Å². The first-order valence-corrected chi connectivity index (χ1v) is 6.74. The van der Waals surface area contributed by atoms with Crippen LogP contribution in [0.3, 0.4) is 0 Å². The maximum Gasteiger partial charge on any atom is 0.142 e. The number of anilines is 1. The van der Waals surface area contributed by atoms with Crippen LogP contribution in [0.2, 0.25) is 0 Å². The summed E-state index contributed by atoms with van der Waals surface area (Å²) in [5.41, 5.74) is 10.9. The third-order valence-electron chi connectivity index (χ3n) is 3.31. The summed E-state index contributed by atoms with van der Waals surface area (Å²) in [5.74, 6) is 0.179. The van der Waals surface area contributed by atoms with Gasteiger partial charge in [-0.25, -0.2) is 4.98 Å². The molecular weight excluding hydrogens is 276 g/mol. The Kier molecular flexibility index (Phi) is 3.31. The lowest BCUT2D eigenvalue weighted by molar-refractivity contribution is 1.05. The van der Waals surface area contributed by atoms with Crippen molar-refractivity contribution in [2.75, 3.05) is 5.73 Å². The van der Waals surface area contributed by atoms with Crippen LogP contribution in [-0.4, -0.2) is 20.2 Å². The molecule has 0 unspecified atom stereocenters. The Morgan fingerprint density at radius 3 is 2.55 bits per heavy atom. The molecule has 0 saturated heterocycles. The lowest BCUT2D eigenvalue weighted by Gasteiger charge is -2.07. The van der Waals surface area contributed by atoms with E-state index >= 15 is 0 Å². The highest BCUT2D eigenvalue weighted by atomic mass is 15.1. The number of nitrogen functional groups attached to an aromatic ring is 1. The normalized spacial score (nSPS) is 10.4. The fourth-order valence-corrected chi connectivity index (χ4v) is 2.19. The van der Waals surface area contributed by atoms with Crippen molar-refractivity contribution in [1.29, 1.82) is 5.26 Å². The predicted molar refractivity (Wildman–Crippen MR) is 83.7 cm³/mol. The molecule has 3 aromatic heterocycles. The predicted octanol–water partition coefficient (Wildman–Crippen LogP) is 2.60. The van der Waals surface area contributed by atoms with Crippen molar-refractivity contribution in [3.8, 4) is 28.7 Å². The zero-order chi connectivity index (χ0) is 15.7. The average Bonchev–Trinajstić information content (AvgIpc) is 2.93. The third kappa shape index (κ3) is 2.40. The van der Waals surface area contributed by atoms with Crippen LogP contribution in [0.5, 0.6) is 0 Å². The maximum atomic E-state index is 9.34. The summed E-state index contributed by atoms with van der Waals surface area (Å²) in [6.07, 6.45) is 1.77. The van der Waals surface area contributed by atoms with Gasteiger partial charge in [-0.15, -0.1) is 0 Å². The van der Waals surface area contributed by atoms with E-state index in [0.717, 1.165) is 11.3 Å². The fraction of sp³-hybridized carbons (Fsp3) is 0.125. The Labute approximate surface area is 127 Å². The molecular formula is C16H14N6. The molecule has 6 heteroatoms. The van der Waals surface area contributed by atoms with Gasteiger partial charge in [0.2, 0.25) is 0 Å². The molecule has 0 aliphatic heterocycles. The second-order valence-corrected chi connectivity index (χ2v) is 5.08. The smallest absolute Gasteiger partial charge is 0.142 e. The number of nitrogens with two attached hydrogens (primary N) is 1. The maximum absolute atomic E-state index is 9.34. The van der Waals surface area contributed by atoms with Crippen molar-refractivity contribution in [1.82, 2.24) is 20.2 Å². The van der Waals surface area contributed by atoms with Crippen LogP contribution < -0.4 is 5.73 Å². The van der Waals surface area contributed by atoms with E-state index < -0.39 is 0 Å². The Bertz CT molecular complexity index is 871. The molecule has 3 rings (SSSR count). The van der Waals surface area contributed by atoms with E-state index in [4.69, 9.17) is 5.73 Å². The third-order valence-corrected chi connectivity index (χ3v) is 3.31. The summed E-state index contributed by atoms with van der Waals surface area (Å²) in [6, 6.07) is 9.59. The topological polar surface area (TPSA) is 104 Å². The standard InChI is InChI=1S/C16H14N6/c1-9-3-4-13(19-8-9)15-6-11(12(7-17)16(18)20-15)14-5-10(2)21-22-14/h3-6,8H,1-2H3,(H2,18,20)(H,21,22). The number of hydrogen-bond acceptors (Lipinski definition) is 5. The summed E-state index contributed by atoms with van der Waals surface area (Å²) < 4.78 is 0. The van der Waals surface area contributed by atoms with Gasteiger partial charge in [0, 0.05) is 17.5 Å². The van der Waals surface area contributed by atoms with Crippen LogP contribution in [0.15, 0.2) is 30.5 Å². The van der Waals surface area contributed by atoms with Crippen molar-refractivity contribution < 1.29 is 0 Å². The molecule has 3 N–H and O–H groups in total. The van der Waals surface area contributed by atoms with E-state index in [1.54, 1.807) is 12.3 Å². The largest absolute Gasteiger partial charge is 0.383 e. The summed E-state index contributed by atoms with van der Waals surface area (Å²) >= 11 is 0. The summed E-state index contributed by atoms with van der Waals surface area (Å²) in [6.45, 7) is 3.87. The van der Waals surface area contributed by atoms with Gasteiger partial charge in [0.1, 0.15) is 17.5 Å². The number of H-pyrrole nitrogens is 1. The zero-order valence-corrected chi connectivity index (χ0v) is 12.3. The number of aromatic nitrogens is 4. The van der Waals surface area contributed by atoms with Crippen LogP contribution in [0, 0.1) is 25.2 Å².